The molecule has 0 saturated carbocycles. The molecule has 0 saturated heterocycles. The second-order valence-electron chi connectivity index (χ2n) is 5.01. The molecule has 0 unspecified atom stereocenters. The molecule has 0 atom stereocenters. The van der Waals surface area contributed by atoms with E-state index in [1.807, 2.05) is 108 Å². The lowest BCUT2D eigenvalue weighted by Crippen LogP contribution is -1.82. The van der Waals surface area contributed by atoms with Crippen LogP contribution in [0.2, 0.25) is 0 Å². The molecule has 0 bridgehead atoms. The largest absolute Gasteiger partial charge is 0.175 e. The molecule has 0 aromatic heterocycles. The first kappa shape index (κ1) is 25.8. The molecule has 0 fully saturated rings. The maximum Gasteiger partial charge on any atom is 0.0717 e. The first-order valence-corrected chi connectivity index (χ1v) is 17.1. The molecule has 2 heterocycles. The minimum atomic E-state index is 0.804. The zero-order valence-corrected chi connectivity index (χ0v) is 23.9. The van der Waals surface area contributed by atoms with Crippen molar-refractivity contribution in [3.63, 3.8) is 0 Å². The highest BCUT2D eigenvalue weighted by molar-refractivity contribution is 8.44. The van der Waals surface area contributed by atoms with Crippen LogP contribution in [-0.4, -0.2) is 18.8 Å². The van der Waals surface area contributed by atoms with Crippen molar-refractivity contribution in [2.24, 2.45) is 0 Å². The molecular weight excluding hydrogens is 517 g/mol. The van der Waals surface area contributed by atoms with E-state index in [9.17, 15) is 0 Å². The Morgan fingerprint density at radius 3 is 1.50 bits per heavy atom. The zero-order valence-electron chi connectivity index (χ0n) is 16.4. The van der Waals surface area contributed by atoms with Crippen LogP contribution >= 0.6 is 107 Å². The predicted molar refractivity (Wildman–Crippen MR) is 154 cm³/mol. The van der Waals surface area contributed by atoms with Gasteiger partial charge in [-0.15, -0.1) is 47.0 Å². The van der Waals surface area contributed by atoms with Gasteiger partial charge < -0.3 is 0 Å². The van der Waals surface area contributed by atoms with Gasteiger partial charge in [0.2, 0.25) is 0 Å². The maximum atomic E-state index is 4.33. The third kappa shape index (κ3) is 7.05. The highest BCUT2D eigenvalue weighted by atomic mass is 32.3. The highest BCUT2D eigenvalue weighted by Crippen LogP contribution is 2.65. The fourth-order valence-electron chi connectivity index (χ4n) is 2.06. The number of rotatable bonds is 7. The van der Waals surface area contributed by atoms with Crippen LogP contribution in [0.1, 0.15) is 25.0 Å². The van der Waals surface area contributed by atoms with Crippen LogP contribution in [0.15, 0.2) is 49.7 Å². The number of benzene rings is 1. The molecular formula is C19H24S9. The maximum absolute atomic E-state index is 4.33. The van der Waals surface area contributed by atoms with Crippen LogP contribution < -0.4 is 0 Å². The lowest BCUT2D eigenvalue weighted by molar-refractivity contribution is 1.35. The molecule has 2 aliphatic rings. The molecule has 2 aliphatic heterocycles. The van der Waals surface area contributed by atoms with Gasteiger partial charge in [-0.1, -0.05) is 85.2 Å². The van der Waals surface area contributed by atoms with Gasteiger partial charge in [0.25, 0.3) is 0 Å². The summed E-state index contributed by atoms with van der Waals surface area (Å²) in [6.07, 6.45) is 6.54. The van der Waals surface area contributed by atoms with Gasteiger partial charge in [-0.3, -0.25) is 0 Å². The van der Waals surface area contributed by atoms with E-state index >= 15 is 0 Å². The summed E-state index contributed by atoms with van der Waals surface area (Å²) in [6, 6.07) is 8.82. The zero-order chi connectivity index (χ0) is 20.5. The minimum absolute atomic E-state index is 0.804. The van der Waals surface area contributed by atoms with Crippen molar-refractivity contribution in [1.82, 2.24) is 0 Å². The molecule has 1 aromatic rings. The summed E-state index contributed by atoms with van der Waals surface area (Å²) < 4.78 is 8.69. The predicted octanol–water partition coefficient (Wildman–Crippen LogP) is 9.80. The van der Waals surface area contributed by atoms with E-state index in [2.05, 4.69) is 55.7 Å². The number of hydrogen-bond donors (Lipinski definition) is 1. The Balaban J connectivity index is 0.00000136. The number of hydrogen-bond acceptors (Lipinski definition) is 9. The Morgan fingerprint density at radius 2 is 1.07 bits per heavy atom. The molecule has 0 N–H and O–H groups in total. The van der Waals surface area contributed by atoms with Crippen molar-refractivity contribution in [3.8, 4) is 0 Å². The Bertz CT molecular complexity index is 729. The molecule has 0 radical (unpaired) electrons. The monoisotopic (exact) mass is 540 g/mol. The molecule has 0 aliphatic carbocycles. The number of thioether (sulfide) groups is 8. The normalized spacial score (nSPS) is 16.8. The highest BCUT2D eigenvalue weighted by Gasteiger charge is 2.29. The summed E-state index contributed by atoms with van der Waals surface area (Å²) in [4.78, 5) is 0. The molecule has 0 nitrogen and oxygen atoms in total. The Morgan fingerprint density at radius 1 is 0.679 bits per heavy atom. The second-order valence-corrected chi connectivity index (χ2v) is 14.4. The van der Waals surface area contributed by atoms with Crippen molar-refractivity contribution in [1.29, 1.82) is 0 Å². The fourth-order valence-corrected chi connectivity index (χ4v) is 13.0. The van der Waals surface area contributed by atoms with Gasteiger partial charge in [-0.05, 0) is 29.9 Å². The molecule has 154 valence electrons. The summed E-state index contributed by atoms with van der Waals surface area (Å²) in [5.41, 5.74) is 2.65. The van der Waals surface area contributed by atoms with E-state index < -0.39 is 0 Å². The van der Waals surface area contributed by atoms with Crippen molar-refractivity contribution < 1.29 is 0 Å². The van der Waals surface area contributed by atoms with Crippen molar-refractivity contribution in [2.45, 2.75) is 25.4 Å². The van der Waals surface area contributed by atoms with Gasteiger partial charge >= 0.3 is 0 Å². The van der Waals surface area contributed by atoms with E-state index in [-0.39, 0.29) is 0 Å². The van der Waals surface area contributed by atoms with Crippen molar-refractivity contribution in [2.75, 3.05) is 18.8 Å². The Hall–Kier alpha value is 1.59. The van der Waals surface area contributed by atoms with Crippen molar-refractivity contribution in [3.05, 3.63) is 60.8 Å². The van der Waals surface area contributed by atoms with Gasteiger partial charge in [0.1, 0.15) is 0 Å². The minimum Gasteiger partial charge on any atom is -0.175 e. The van der Waals surface area contributed by atoms with E-state index in [1.54, 1.807) is 0 Å². The van der Waals surface area contributed by atoms with Gasteiger partial charge in [0, 0.05) is 11.5 Å². The van der Waals surface area contributed by atoms with Crippen LogP contribution in [0.25, 0.3) is 0 Å². The first-order valence-electron chi connectivity index (χ1n) is 8.56. The summed E-state index contributed by atoms with van der Waals surface area (Å²) >= 11 is 19.7. The average Bonchev–Trinajstić information content (AvgIpc) is 3.37. The Labute approximate surface area is 209 Å². The molecule has 28 heavy (non-hydrogen) atoms. The Kier molecular flexibility index (Phi) is 12.8. The van der Waals surface area contributed by atoms with Crippen LogP contribution in [0.5, 0.6) is 0 Å². The summed E-state index contributed by atoms with van der Waals surface area (Å²) in [5.74, 6) is 1.82. The van der Waals surface area contributed by atoms with E-state index in [0.29, 0.717) is 0 Å². The average molecular weight is 541 g/mol. The SMILES string of the molecule is CC.CSC1=C(SC)SC(=C2SC(SC)=C(SCc3ccc(CS)cc3)S2)S1. The van der Waals surface area contributed by atoms with Gasteiger partial charge in [-0.2, -0.15) is 12.6 Å². The molecule has 0 amide bonds. The number of thiol groups is 1. The second kappa shape index (κ2) is 13.9. The van der Waals surface area contributed by atoms with Crippen LogP contribution in [0.3, 0.4) is 0 Å². The molecule has 1 aromatic carbocycles. The topological polar surface area (TPSA) is 0 Å². The van der Waals surface area contributed by atoms with Crippen LogP contribution in [0, 0.1) is 0 Å². The molecule has 3 rings (SSSR count). The summed E-state index contributed by atoms with van der Waals surface area (Å²) in [5, 5.41) is 0. The van der Waals surface area contributed by atoms with E-state index in [4.69, 9.17) is 0 Å². The van der Waals surface area contributed by atoms with Gasteiger partial charge in [0.05, 0.1) is 25.4 Å². The molecule has 0 spiro atoms. The third-order valence-electron chi connectivity index (χ3n) is 3.37. The smallest absolute Gasteiger partial charge is 0.0717 e. The van der Waals surface area contributed by atoms with Gasteiger partial charge in [-0.25, -0.2) is 0 Å². The van der Waals surface area contributed by atoms with Crippen LogP contribution in [0.4, 0.5) is 0 Å². The lowest BCUT2D eigenvalue weighted by Gasteiger charge is -2.05. The third-order valence-corrected chi connectivity index (χ3v) is 14.9. The van der Waals surface area contributed by atoms with E-state index in [0.717, 1.165) is 11.5 Å². The van der Waals surface area contributed by atoms with Gasteiger partial charge in [0.15, 0.2) is 0 Å². The first-order chi connectivity index (χ1) is 13.7. The fraction of sp³-hybridized carbons (Fsp3) is 0.368. The summed E-state index contributed by atoms with van der Waals surface area (Å²) in [6.45, 7) is 4.00. The molecule has 9 heteroatoms. The summed E-state index contributed by atoms with van der Waals surface area (Å²) in [7, 11) is 0. The van der Waals surface area contributed by atoms with Crippen molar-refractivity contribution >= 4 is 107 Å². The van der Waals surface area contributed by atoms with Crippen LogP contribution in [-0.2, 0) is 11.5 Å². The quantitative estimate of drug-likeness (QED) is 0.335. The van der Waals surface area contributed by atoms with E-state index in [1.165, 1.54) is 36.5 Å². The standard InChI is InChI=1S/C17H18S9.C2H6/c1-19-12-13(20-2)24-16(23-12)17-25-14(21-3)15(26-17)22-9-11-6-4-10(8-18)5-7-11;1-2/h4-7,18H,8-9H2,1-3H3;1-2H3. The lowest BCUT2D eigenvalue weighted by atomic mass is 10.2.